The van der Waals surface area contributed by atoms with Crippen LogP contribution in [-0.4, -0.2) is 35.5 Å². The summed E-state index contributed by atoms with van der Waals surface area (Å²) in [6.45, 7) is 0.691. The smallest absolute Gasteiger partial charge is 0.304 e. The largest absolute Gasteiger partial charge is 0.481 e. The number of carboxylic acids is 1. The summed E-state index contributed by atoms with van der Waals surface area (Å²) in [5, 5.41) is 8.41. The zero-order valence-electron chi connectivity index (χ0n) is 6.41. The van der Waals surface area contributed by atoms with Gasteiger partial charge in [-0.2, -0.15) is 0 Å². The predicted molar refractivity (Wildman–Crippen MR) is 38.0 cm³/mol. The second-order valence-corrected chi connectivity index (χ2v) is 2.84. The minimum atomic E-state index is -0.890. The number of hydrogen-bond donors (Lipinski definition) is 1. The fraction of sp³-hybridized carbons (Fsp3) is 0.714. The average molecular weight is 157 g/mol. The van der Waals surface area contributed by atoms with Gasteiger partial charge in [-0.25, -0.2) is 0 Å². The highest BCUT2D eigenvalue weighted by molar-refractivity contribution is 5.84. The van der Waals surface area contributed by atoms with Crippen LogP contribution in [0, 0.1) is 5.92 Å². The van der Waals surface area contributed by atoms with E-state index in [0.29, 0.717) is 13.0 Å². The number of amides is 1. The van der Waals surface area contributed by atoms with Crippen molar-refractivity contribution in [2.45, 2.75) is 12.8 Å². The van der Waals surface area contributed by atoms with E-state index in [2.05, 4.69) is 0 Å². The third kappa shape index (κ3) is 1.69. The van der Waals surface area contributed by atoms with E-state index in [1.807, 2.05) is 0 Å². The third-order valence-electron chi connectivity index (χ3n) is 1.96. The number of carbonyl (C=O) groups is 2. The molecule has 4 nitrogen and oxygen atoms in total. The molecule has 1 saturated heterocycles. The Morgan fingerprint density at radius 1 is 1.82 bits per heavy atom. The molecule has 1 N–H and O–H groups in total. The van der Waals surface area contributed by atoms with Crippen LogP contribution in [0.15, 0.2) is 0 Å². The monoisotopic (exact) mass is 157 g/mol. The molecule has 1 amide bonds. The average Bonchev–Trinajstić information content (AvgIpc) is 2.18. The van der Waals surface area contributed by atoms with Crippen molar-refractivity contribution in [3.8, 4) is 0 Å². The maximum absolute atomic E-state index is 11.1. The Morgan fingerprint density at radius 3 is 2.82 bits per heavy atom. The Morgan fingerprint density at radius 2 is 2.45 bits per heavy atom. The van der Waals surface area contributed by atoms with Crippen LogP contribution in [0.1, 0.15) is 12.8 Å². The molecular formula is C7H11NO3. The number of rotatable bonds is 2. The highest BCUT2D eigenvalue weighted by Crippen LogP contribution is 2.19. The van der Waals surface area contributed by atoms with E-state index in [9.17, 15) is 9.59 Å². The summed E-state index contributed by atoms with van der Waals surface area (Å²) in [7, 11) is 1.70. The van der Waals surface area contributed by atoms with E-state index in [0.717, 1.165) is 0 Å². The lowest BCUT2D eigenvalue weighted by Crippen LogP contribution is -2.23. The van der Waals surface area contributed by atoms with Gasteiger partial charge in [0.1, 0.15) is 0 Å². The second kappa shape index (κ2) is 2.90. The molecule has 4 heteroatoms. The number of hydrogen-bond acceptors (Lipinski definition) is 2. The van der Waals surface area contributed by atoms with Gasteiger partial charge in [0.25, 0.3) is 0 Å². The Balaban J connectivity index is 2.49. The number of nitrogens with zero attached hydrogens (tertiary/aromatic N) is 1. The fourth-order valence-corrected chi connectivity index (χ4v) is 1.29. The molecule has 1 atom stereocenters. The Bertz CT molecular complexity index is 190. The number of aliphatic carboxylic acids is 1. The zero-order chi connectivity index (χ0) is 8.43. The molecule has 0 unspecified atom stereocenters. The number of likely N-dealkylation sites (tertiary alicyclic amines) is 1. The molecule has 1 heterocycles. The van der Waals surface area contributed by atoms with Crippen LogP contribution in [-0.2, 0) is 9.59 Å². The Kier molecular flexibility index (Phi) is 2.12. The molecule has 0 saturated carbocycles. The lowest BCUT2D eigenvalue weighted by Gasteiger charge is -2.07. The molecule has 11 heavy (non-hydrogen) atoms. The summed E-state index contributed by atoms with van der Waals surface area (Å²) in [4.78, 5) is 22.9. The van der Waals surface area contributed by atoms with Crippen molar-refractivity contribution < 1.29 is 14.7 Å². The highest BCUT2D eigenvalue weighted by atomic mass is 16.4. The quantitative estimate of drug-likeness (QED) is 0.610. The van der Waals surface area contributed by atoms with Crippen molar-refractivity contribution in [3.05, 3.63) is 0 Å². The lowest BCUT2D eigenvalue weighted by molar-refractivity contribution is -0.141. The molecular weight excluding hydrogens is 146 g/mol. The molecule has 0 aromatic carbocycles. The molecule has 0 bridgehead atoms. The zero-order valence-corrected chi connectivity index (χ0v) is 6.41. The van der Waals surface area contributed by atoms with Crippen LogP contribution >= 0.6 is 0 Å². The van der Waals surface area contributed by atoms with Crippen molar-refractivity contribution in [2.75, 3.05) is 13.6 Å². The Hall–Kier alpha value is -1.06. The van der Waals surface area contributed by atoms with Crippen LogP contribution in [0.2, 0.25) is 0 Å². The maximum Gasteiger partial charge on any atom is 0.304 e. The van der Waals surface area contributed by atoms with Gasteiger partial charge in [0.2, 0.25) is 5.91 Å². The molecule has 62 valence electrons. The standard InChI is InChI=1S/C7H11NO3/c1-8-3-2-5(7(8)11)4-6(9)10/h5H,2-4H2,1H3,(H,9,10)/t5-/m0/s1. The van der Waals surface area contributed by atoms with E-state index in [4.69, 9.17) is 5.11 Å². The highest BCUT2D eigenvalue weighted by Gasteiger charge is 2.30. The van der Waals surface area contributed by atoms with Crippen LogP contribution < -0.4 is 0 Å². The van der Waals surface area contributed by atoms with Crippen molar-refractivity contribution in [2.24, 2.45) is 5.92 Å². The van der Waals surface area contributed by atoms with Crippen molar-refractivity contribution in [1.82, 2.24) is 4.90 Å². The molecule has 0 aromatic rings. The van der Waals surface area contributed by atoms with Crippen LogP contribution in [0.4, 0.5) is 0 Å². The van der Waals surface area contributed by atoms with Crippen molar-refractivity contribution in [3.63, 3.8) is 0 Å². The lowest BCUT2D eigenvalue weighted by atomic mass is 10.1. The van der Waals surface area contributed by atoms with Gasteiger partial charge in [0, 0.05) is 13.6 Å². The topological polar surface area (TPSA) is 57.6 Å². The molecule has 0 aliphatic carbocycles. The van der Waals surface area contributed by atoms with Gasteiger partial charge >= 0.3 is 5.97 Å². The Labute approximate surface area is 64.8 Å². The van der Waals surface area contributed by atoms with Gasteiger partial charge in [-0.15, -0.1) is 0 Å². The first-order valence-electron chi connectivity index (χ1n) is 3.58. The molecule has 0 spiro atoms. The van der Waals surface area contributed by atoms with Gasteiger partial charge in [0.05, 0.1) is 12.3 Å². The second-order valence-electron chi connectivity index (χ2n) is 2.84. The molecule has 1 aliphatic heterocycles. The summed E-state index contributed by atoms with van der Waals surface area (Å²) in [6, 6.07) is 0. The van der Waals surface area contributed by atoms with Crippen molar-refractivity contribution >= 4 is 11.9 Å². The first kappa shape index (κ1) is 8.04. The van der Waals surface area contributed by atoms with Gasteiger partial charge in [0.15, 0.2) is 0 Å². The van der Waals surface area contributed by atoms with E-state index in [1.165, 1.54) is 0 Å². The summed E-state index contributed by atoms with van der Waals surface area (Å²) in [5.74, 6) is -1.21. The van der Waals surface area contributed by atoms with Gasteiger partial charge in [-0.1, -0.05) is 0 Å². The molecule has 0 radical (unpaired) electrons. The predicted octanol–water partition coefficient (Wildman–Crippen LogP) is -0.0606. The van der Waals surface area contributed by atoms with Gasteiger partial charge in [-0.3, -0.25) is 9.59 Å². The first-order valence-corrected chi connectivity index (χ1v) is 3.58. The fourth-order valence-electron chi connectivity index (χ4n) is 1.29. The summed E-state index contributed by atoms with van der Waals surface area (Å²) in [6.07, 6.45) is 0.658. The number of carbonyl (C=O) groups excluding carboxylic acids is 1. The van der Waals surface area contributed by atoms with E-state index in [1.54, 1.807) is 11.9 Å². The summed E-state index contributed by atoms with van der Waals surface area (Å²) in [5.41, 5.74) is 0. The van der Waals surface area contributed by atoms with E-state index < -0.39 is 5.97 Å². The maximum atomic E-state index is 11.1. The molecule has 1 rings (SSSR count). The van der Waals surface area contributed by atoms with Gasteiger partial charge in [-0.05, 0) is 6.42 Å². The van der Waals surface area contributed by atoms with Gasteiger partial charge < -0.3 is 10.0 Å². The minimum absolute atomic E-state index is 0.0246. The summed E-state index contributed by atoms with van der Waals surface area (Å²) >= 11 is 0. The van der Waals surface area contributed by atoms with Crippen molar-refractivity contribution in [1.29, 1.82) is 0 Å². The molecule has 1 aliphatic rings. The minimum Gasteiger partial charge on any atom is -0.481 e. The first-order chi connectivity index (χ1) is 5.11. The van der Waals surface area contributed by atoms with E-state index >= 15 is 0 Å². The van der Waals surface area contributed by atoms with E-state index in [-0.39, 0.29) is 18.2 Å². The molecule has 1 fully saturated rings. The van der Waals surface area contributed by atoms with Crippen LogP contribution in [0.5, 0.6) is 0 Å². The van der Waals surface area contributed by atoms with Crippen LogP contribution in [0.25, 0.3) is 0 Å². The molecule has 0 aromatic heterocycles. The third-order valence-corrected chi connectivity index (χ3v) is 1.96. The SMILES string of the molecule is CN1CC[C@@H](CC(=O)O)C1=O. The number of carboxylic acid groups (broad SMARTS) is 1. The van der Waals surface area contributed by atoms with Crippen LogP contribution in [0.3, 0.4) is 0 Å². The normalized spacial score (nSPS) is 24.3. The summed E-state index contributed by atoms with van der Waals surface area (Å²) < 4.78 is 0.